The molecular formula is C22H29FN2O2S. The zero-order chi connectivity index (χ0) is 19.7. The summed E-state index contributed by atoms with van der Waals surface area (Å²) in [4.78, 5) is 24.6. The number of amides is 2. The summed E-state index contributed by atoms with van der Waals surface area (Å²) in [6, 6.07) is 5.67. The number of carbonyl (C=O) groups excluding carboxylic acids is 2. The number of carbonyl (C=O) groups is 2. The van der Waals surface area contributed by atoms with E-state index < -0.39 is 0 Å². The predicted octanol–water partition coefficient (Wildman–Crippen LogP) is 4.22. The molecule has 0 aliphatic heterocycles. The molecule has 1 aromatic rings. The van der Waals surface area contributed by atoms with Crippen LogP contribution in [-0.2, 0) is 9.59 Å². The van der Waals surface area contributed by atoms with Crippen molar-refractivity contribution in [2.24, 2.45) is 23.2 Å². The first-order valence-corrected chi connectivity index (χ1v) is 11.4. The summed E-state index contributed by atoms with van der Waals surface area (Å²) in [6.45, 7) is 2.65. The van der Waals surface area contributed by atoms with Crippen molar-refractivity contribution in [3.63, 3.8) is 0 Å². The van der Waals surface area contributed by atoms with Crippen LogP contribution < -0.4 is 10.6 Å². The molecule has 0 aromatic heterocycles. The molecule has 4 saturated carbocycles. The zero-order valence-corrected chi connectivity index (χ0v) is 17.2. The van der Waals surface area contributed by atoms with E-state index in [0.29, 0.717) is 11.1 Å². The third-order valence-electron chi connectivity index (χ3n) is 6.76. The number of halogens is 1. The number of anilines is 1. The summed E-state index contributed by atoms with van der Waals surface area (Å²) in [5.41, 5.74) is 0.889. The third-order valence-corrected chi connectivity index (χ3v) is 7.91. The summed E-state index contributed by atoms with van der Waals surface area (Å²) in [7, 11) is 0. The quantitative estimate of drug-likeness (QED) is 0.715. The fourth-order valence-corrected chi connectivity index (χ4v) is 6.64. The van der Waals surface area contributed by atoms with Crippen LogP contribution in [0.25, 0.3) is 0 Å². The highest BCUT2D eigenvalue weighted by Gasteiger charge is 2.50. The van der Waals surface area contributed by atoms with Gasteiger partial charge in [0.2, 0.25) is 11.8 Å². The molecule has 0 spiro atoms. The lowest BCUT2D eigenvalue weighted by molar-refractivity contribution is -0.122. The molecule has 6 heteroatoms. The summed E-state index contributed by atoms with van der Waals surface area (Å²) in [6.07, 6.45) is 8.05. The lowest BCUT2D eigenvalue weighted by Crippen LogP contribution is -2.51. The lowest BCUT2D eigenvalue weighted by Gasteiger charge is -2.57. The maximum absolute atomic E-state index is 12.9. The van der Waals surface area contributed by atoms with Crippen molar-refractivity contribution < 1.29 is 14.0 Å². The second kappa shape index (κ2) is 8.05. The van der Waals surface area contributed by atoms with Gasteiger partial charge in [0.1, 0.15) is 5.82 Å². The Morgan fingerprint density at radius 2 is 1.68 bits per heavy atom. The Kier molecular flexibility index (Phi) is 5.68. The number of benzene rings is 1. The standard InChI is InChI=1S/C22H29FN2O2S/c1-14(28-12-20(26)25-19-4-2-18(23)3-5-19)21(27)24-13-22-9-15-6-16(10-22)8-17(7-15)11-22/h2-5,14-17H,6-13H2,1H3,(H,24,27)(H,25,26)/t14-,15?,16?,17?,22?/m0/s1. The normalized spacial score (nSPS) is 31.4. The molecule has 2 amide bonds. The van der Waals surface area contributed by atoms with Crippen LogP contribution in [0.1, 0.15) is 45.4 Å². The van der Waals surface area contributed by atoms with Crippen molar-refractivity contribution >= 4 is 29.3 Å². The number of nitrogens with one attached hydrogen (secondary N) is 2. The second-order valence-electron chi connectivity index (χ2n) is 9.14. The van der Waals surface area contributed by atoms with E-state index in [0.717, 1.165) is 24.3 Å². The fourth-order valence-electron chi connectivity index (χ4n) is 5.93. The van der Waals surface area contributed by atoms with Gasteiger partial charge in [0.05, 0.1) is 11.0 Å². The summed E-state index contributed by atoms with van der Waals surface area (Å²) >= 11 is 1.33. The Hall–Kier alpha value is -1.56. The largest absolute Gasteiger partial charge is 0.355 e. The first-order chi connectivity index (χ1) is 13.4. The highest BCUT2D eigenvalue weighted by molar-refractivity contribution is 8.01. The molecule has 28 heavy (non-hydrogen) atoms. The van der Waals surface area contributed by atoms with Crippen LogP contribution in [0.5, 0.6) is 0 Å². The van der Waals surface area contributed by atoms with Gasteiger partial charge in [-0.2, -0.15) is 0 Å². The molecule has 4 nitrogen and oxygen atoms in total. The zero-order valence-electron chi connectivity index (χ0n) is 16.4. The van der Waals surface area contributed by atoms with E-state index in [1.807, 2.05) is 6.92 Å². The van der Waals surface area contributed by atoms with Gasteiger partial charge < -0.3 is 10.6 Å². The Balaban J connectivity index is 1.21. The van der Waals surface area contributed by atoms with Crippen molar-refractivity contribution in [1.82, 2.24) is 5.32 Å². The summed E-state index contributed by atoms with van der Waals surface area (Å²) in [5, 5.41) is 5.64. The summed E-state index contributed by atoms with van der Waals surface area (Å²) in [5.74, 6) is 2.34. The Bertz CT molecular complexity index is 701. The van der Waals surface area contributed by atoms with Crippen LogP contribution in [0, 0.1) is 29.0 Å². The van der Waals surface area contributed by atoms with E-state index in [2.05, 4.69) is 10.6 Å². The van der Waals surface area contributed by atoms with E-state index in [4.69, 9.17) is 0 Å². The van der Waals surface area contributed by atoms with E-state index in [1.54, 1.807) is 0 Å². The van der Waals surface area contributed by atoms with E-state index in [9.17, 15) is 14.0 Å². The Morgan fingerprint density at radius 1 is 1.11 bits per heavy atom. The van der Waals surface area contributed by atoms with E-state index in [1.165, 1.54) is 74.6 Å². The monoisotopic (exact) mass is 404 g/mol. The first kappa shape index (κ1) is 19.7. The van der Waals surface area contributed by atoms with Gasteiger partial charge in [0.25, 0.3) is 0 Å². The van der Waals surface area contributed by atoms with Crippen LogP contribution in [0.15, 0.2) is 24.3 Å². The van der Waals surface area contributed by atoms with E-state index >= 15 is 0 Å². The minimum Gasteiger partial charge on any atom is -0.355 e. The van der Waals surface area contributed by atoms with Crippen molar-refractivity contribution in [2.75, 3.05) is 17.6 Å². The van der Waals surface area contributed by atoms with Crippen LogP contribution in [0.2, 0.25) is 0 Å². The number of hydrogen-bond acceptors (Lipinski definition) is 3. The average molecular weight is 405 g/mol. The van der Waals surface area contributed by atoms with Crippen molar-refractivity contribution in [3.8, 4) is 0 Å². The lowest BCUT2D eigenvalue weighted by atomic mass is 9.49. The highest BCUT2D eigenvalue weighted by Crippen LogP contribution is 2.59. The molecule has 152 valence electrons. The molecule has 0 heterocycles. The van der Waals surface area contributed by atoms with Gasteiger partial charge in [0, 0.05) is 12.2 Å². The van der Waals surface area contributed by atoms with Gasteiger partial charge in [-0.3, -0.25) is 9.59 Å². The maximum Gasteiger partial charge on any atom is 0.234 e. The van der Waals surface area contributed by atoms with Crippen LogP contribution in [0.3, 0.4) is 0 Å². The van der Waals surface area contributed by atoms with Gasteiger partial charge in [-0.15, -0.1) is 11.8 Å². The third kappa shape index (κ3) is 4.53. The molecule has 4 aliphatic carbocycles. The Labute approximate surface area is 170 Å². The van der Waals surface area contributed by atoms with Gasteiger partial charge in [-0.1, -0.05) is 0 Å². The molecule has 0 saturated heterocycles. The van der Waals surface area contributed by atoms with Gasteiger partial charge >= 0.3 is 0 Å². The van der Waals surface area contributed by atoms with Crippen molar-refractivity contribution in [1.29, 1.82) is 0 Å². The summed E-state index contributed by atoms with van der Waals surface area (Å²) < 4.78 is 12.9. The molecule has 4 fully saturated rings. The molecule has 4 bridgehead atoms. The molecule has 0 unspecified atom stereocenters. The maximum atomic E-state index is 12.9. The van der Waals surface area contributed by atoms with Gasteiger partial charge in [-0.25, -0.2) is 4.39 Å². The van der Waals surface area contributed by atoms with E-state index in [-0.39, 0.29) is 28.6 Å². The average Bonchev–Trinajstić information content (AvgIpc) is 2.65. The highest BCUT2D eigenvalue weighted by atomic mass is 32.2. The van der Waals surface area contributed by atoms with Gasteiger partial charge in [0.15, 0.2) is 0 Å². The smallest absolute Gasteiger partial charge is 0.234 e. The molecule has 1 atom stereocenters. The van der Waals surface area contributed by atoms with Crippen molar-refractivity contribution in [2.45, 2.75) is 50.7 Å². The number of rotatable bonds is 7. The molecular weight excluding hydrogens is 375 g/mol. The number of thioether (sulfide) groups is 1. The first-order valence-electron chi connectivity index (χ1n) is 10.4. The second-order valence-corrected chi connectivity index (χ2v) is 10.5. The molecule has 2 N–H and O–H groups in total. The number of hydrogen-bond donors (Lipinski definition) is 2. The van der Waals surface area contributed by atoms with Gasteiger partial charge in [-0.05, 0) is 92.9 Å². The fraction of sp³-hybridized carbons (Fsp3) is 0.636. The molecule has 4 aliphatic rings. The predicted molar refractivity (Wildman–Crippen MR) is 111 cm³/mol. The molecule has 1 aromatic carbocycles. The minimum absolute atomic E-state index is 0.0235. The SMILES string of the molecule is C[C@H](SCC(=O)Nc1ccc(F)cc1)C(=O)NCC12CC3CC(CC(C3)C1)C2. The molecule has 5 rings (SSSR count). The van der Waals surface area contributed by atoms with Crippen LogP contribution in [-0.4, -0.2) is 29.4 Å². The Morgan fingerprint density at radius 3 is 2.25 bits per heavy atom. The van der Waals surface area contributed by atoms with Crippen LogP contribution in [0.4, 0.5) is 10.1 Å². The van der Waals surface area contributed by atoms with Crippen LogP contribution >= 0.6 is 11.8 Å². The minimum atomic E-state index is -0.336. The molecule has 0 radical (unpaired) electrons. The topological polar surface area (TPSA) is 58.2 Å². The van der Waals surface area contributed by atoms with Crippen molar-refractivity contribution in [3.05, 3.63) is 30.1 Å².